The molecule has 0 aromatic heterocycles. The van der Waals surface area contributed by atoms with Crippen LogP contribution in [0.5, 0.6) is 0 Å². The standard InChI is InChI=1S/C25H17Cl5FNO2/c26-15-9-14(10-16(27)11-15)22-23(25(22,29)30)24(34)32-18-6-7-20(28)19(12-18)21(33)8-3-13-1-4-17(31)5-2-13/h1-2,4-7,9-12,22-23H,3,8H2,(H,32,34). The highest BCUT2D eigenvalue weighted by Crippen LogP contribution is 2.65. The summed E-state index contributed by atoms with van der Waals surface area (Å²) >= 11 is 31.2. The first-order chi connectivity index (χ1) is 16.1. The maximum atomic E-state index is 13.1. The average Bonchev–Trinajstić information content (AvgIpc) is 3.36. The molecule has 2 atom stereocenters. The van der Waals surface area contributed by atoms with Crippen molar-refractivity contribution in [2.45, 2.75) is 23.1 Å². The fourth-order valence-electron chi connectivity index (χ4n) is 3.90. The molecule has 1 saturated carbocycles. The van der Waals surface area contributed by atoms with Gasteiger partial charge in [-0.25, -0.2) is 4.39 Å². The molecule has 1 amide bonds. The van der Waals surface area contributed by atoms with Crippen molar-refractivity contribution in [1.29, 1.82) is 0 Å². The van der Waals surface area contributed by atoms with Crippen LogP contribution in [0, 0.1) is 11.7 Å². The molecule has 3 aromatic rings. The van der Waals surface area contributed by atoms with Crippen molar-refractivity contribution in [1.82, 2.24) is 0 Å². The van der Waals surface area contributed by atoms with Gasteiger partial charge in [0.25, 0.3) is 0 Å². The monoisotopic (exact) mass is 557 g/mol. The predicted octanol–water partition coefficient (Wildman–Crippen LogP) is 8.13. The quantitative estimate of drug-likeness (QED) is 0.235. The van der Waals surface area contributed by atoms with E-state index in [1.54, 1.807) is 36.4 Å². The van der Waals surface area contributed by atoms with E-state index in [-0.39, 0.29) is 28.6 Å². The Morgan fingerprint density at radius 1 is 0.912 bits per heavy atom. The third-order valence-corrected chi connectivity index (χ3v) is 7.37. The molecule has 0 radical (unpaired) electrons. The van der Waals surface area contributed by atoms with Crippen LogP contribution in [0.25, 0.3) is 0 Å². The van der Waals surface area contributed by atoms with Crippen LogP contribution in [0.4, 0.5) is 10.1 Å². The Kier molecular flexibility index (Phi) is 7.47. The van der Waals surface area contributed by atoms with E-state index in [4.69, 9.17) is 58.0 Å². The Hall–Kier alpha value is -1.82. The van der Waals surface area contributed by atoms with Gasteiger partial charge in [-0.1, -0.05) is 46.9 Å². The van der Waals surface area contributed by atoms with Gasteiger partial charge in [-0.15, -0.1) is 23.2 Å². The first-order valence-electron chi connectivity index (χ1n) is 10.3. The molecule has 1 fully saturated rings. The SMILES string of the molecule is O=C(CCc1ccc(F)cc1)c1cc(NC(=O)C2C(c3cc(Cl)cc(Cl)c3)C2(Cl)Cl)ccc1Cl. The van der Waals surface area contributed by atoms with E-state index in [1.165, 1.54) is 24.3 Å². The minimum absolute atomic E-state index is 0.176. The van der Waals surface area contributed by atoms with Gasteiger partial charge >= 0.3 is 0 Å². The molecule has 9 heteroatoms. The molecule has 2 unspecified atom stereocenters. The van der Waals surface area contributed by atoms with Crippen molar-refractivity contribution in [3.8, 4) is 0 Å². The van der Waals surface area contributed by atoms with Gasteiger partial charge in [-0.3, -0.25) is 9.59 Å². The van der Waals surface area contributed by atoms with Crippen molar-refractivity contribution in [3.05, 3.63) is 98.2 Å². The fraction of sp³-hybridized carbons (Fsp3) is 0.200. The lowest BCUT2D eigenvalue weighted by molar-refractivity contribution is -0.117. The van der Waals surface area contributed by atoms with E-state index in [1.807, 2.05) is 0 Å². The first-order valence-corrected chi connectivity index (χ1v) is 12.2. The molecule has 4 rings (SSSR count). The number of halogens is 6. The molecule has 1 aliphatic carbocycles. The second kappa shape index (κ2) is 10.0. The number of aryl methyl sites for hydroxylation is 1. The van der Waals surface area contributed by atoms with Crippen molar-refractivity contribution in [3.63, 3.8) is 0 Å². The minimum Gasteiger partial charge on any atom is -0.326 e. The zero-order valence-corrected chi connectivity index (χ0v) is 21.2. The van der Waals surface area contributed by atoms with Gasteiger partial charge in [0.1, 0.15) is 10.2 Å². The van der Waals surface area contributed by atoms with E-state index >= 15 is 0 Å². The van der Waals surface area contributed by atoms with Gasteiger partial charge in [0.05, 0.1) is 10.9 Å². The van der Waals surface area contributed by atoms with Gasteiger partial charge in [-0.2, -0.15) is 0 Å². The van der Waals surface area contributed by atoms with Crippen LogP contribution >= 0.6 is 58.0 Å². The number of Topliss-reactive ketones (excluding diaryl/α,β-unsaturated/α-hetero) is 1. The van der Waals surface area contributed by atoms with E-state index in [9.17, 15) is 14.0 Å². The summed E-state index contributed by atoms with van der Waals surface area (Å²) in [5.74, 6) is -2.17. The average molecular weight is 560 g/mol. The van der Waals surface area contributed by atoms with Gasteiger partial charge in [0, 0.05) is 33.6 Å². The summed E-state index contributed by atoms with van der Waals surface area (Å²) in [5.41, 5.74) is 2.16. The van der Waals surface area contributed by atoms with Crippen molar-refractivity contribution in [2.75, 3.05) is 5.32 Å². The summed E-state index contributed by atoms with van der Waals surface area (Å²) in [6.45, 7) is 0. The van der Waals surface area contributed by atoms with Crippen molar-refractivity contribution in [2.24, 2.45) is 5.92 Å². The highest BCUT2D eigenvalue weighted by Gasteiger charge is 2.67. The number of nitrogens with one attached hydrogen (secondary N) is 1. The first kappa shape index (κ1) is 25.3. The smallest absolute Gasteiger partial charge is 0.231 e. The normalized spacial score (nSPS) is 18.4. The molecule has 0 bridgehead atoms. The molecule has 0 heterocycles. The Bertz CT molecular complexity index is 1240. The lowest BCUT2D eigenvalue weighted by Gasteiger charge is -2.09. The Labute approximate surface area is 221 Å². The molecule has 0 saturated heterocycles. The minimum atomic E-state index is -1.32. The third kappa shape index (κ3) is 5.53. The van der Waals surface area contributed by atoms with Gasteiger partial charge in [-0.05, 0) is 66.1 Å². The van der Waals surface area contributed by atoms with Crippen LogP contribution in [-0.4, -0.2) is 16.0 Å². The van der Waals surface area contributed by atoms with Crippen LogP contribution in [0.15, 0.2) is 60.7 Å². The topological polar surface area (TPSA) is 46.2 Å². The molecule has 0 spiro atoms. The van der Waals surface area contributed by atoms with Gasteiger partial charge in [0.15, 0.2) is 5.78 Å². The maximum Gasteiger partial charge on any atom is 0.231 e. The molecule has 0 aliphatic heterocycles. The molecule has 3 nitrogen and oxygen atoms in total. The van der Waals surface area contributed by atoms with E-state index < -0.39 is 22.1 Å². The zero-order valence-electron chi connectivity index (χ0n) is 17.4. The number of carbonyl (C=O) groups is 2. The molecule has 176 valence electrons. The van der Waals surface area contributed by atoms with Crippen LogP contribution in [0.2, 0.25) is 15.1 Å². The number of amides is 1. The summed E-state index contributed by atoms with van der Waals surface area (Å²) in [6, 6.07) is 15.5. The Morgan fingerprint density at radius 3 is 2.21 bits per heavy atom. The number of carbonyl (C=O) groups excluding carboxylic acids is 2. The van der Waals surface area contributed by atoms with Crippen LogP contribution in [0.1, 0.15) is 33.8 Å². The summed E-state index contributed by atoms with van der Waals surface area (Å²) in [5, 5.41) is 3.86. The Balaban J connectivity index is 1.45. The van der Waals surface area contributed by atoms with Crippen molar-refractivity contribution >= 4 is 75.4 Å². The number of ketones is 1. The van der Waals surface area contributed by atoms with E-state index in [0.29, 0.717) is 27.7 Å². The fourth-order valence-corrected chi connectivity index (χ4v) is 5.50. The lowest BCUT2D eigenvalue weighted by atomic mass is 10.0. The highest BCUT2D eigenvalue weighted by molar-refractivity contribution is 6.53. The highest BCUT2D eigenvalue weighted by atomic mass is 35.5. The largest absolute Gasteiger partial charge is 0.326 e. The lowest BCUT2D eigenvalue weighted by Crippen LogP contribution is -2.17. The molecule has 34 heavy (non-hydrogen) atoms. The number of rotatable bonds is 7. The molecular formula is C25H17Cl5FNO2. The van der Waals surface area contributed by atoms with Gasteiger partial charge < -0.3 is 5.32 Å². The predicted molar refractivity (Wildman–Crippen MR) is 136 cm³/mol. The maximum absolute atomic E-state index is 13.1. The second-order valence-corrected chi connectivity index (χ2v) is 10.8. The molecule has 1 aliphatic rings. The summed E-state index contributed by atoms with van der Waals surface area (Å²) in [7, 11) is 0. The van der Waals surface area contributed by atoms with Crippen LogP contribution in [-0.2, 0) is 11.2 Å². The number of benzene rings is 3. The summed E-state index contributed by atoms with van der Waals surface area (Å²) in [4.78, 5) is 25.7. The zero-order chi connectivity index (χ0) is 24.6. The van der Waals surface area contributed by atoms with Crippen LogP contribution in [0.3, 0.4) is 0 Å². The van der Waals surface area contributed by atoms with Crippen molar-refractivity contribution < 1.29 is 14.0 Å². The molecule has 1 N–H and O–H groups in total. The second-order valence-electron chi connectivity index (χ2n) is 8.07. The number of hydrogen-bond acceptors (Lipinski definition) is 2. The summed E-state index contributed by atoms with van der Waals surface area (Å²) in [6.07, 6.45) is 0.606. The van der Waals surface area contributed by atoms with Gasteiger partial charge in [0.2, 0.25) is 5.91 Å². The number of alkyl halides is 2. The number of hydrogen-bond donors (Lipinski definition) is 1. The molecule has 3 aromatic carbocycles. The van der Waals surface area contributed by atoms with E-state index in [2.05, 4.69) is 5.32 Å². The third-order valence-electron chi connectivity index (χ3n) is 5.67. The molecular weight excluding hydrogens is 543 g/mol. The number of anilines is 1. The Morgan fingerprint density at radius 2 is 1.56 bits per heavy atom. The summed E-state index contributed by atoms with van der Waals surface area (Å²) < 4.78 is 11.7. The van der Waals surface area contributed by atoms with E-state index in [0.717, 1.165) is 5.56 Å². The van der Waals surface area contributed by atoms with Crippen LogP contribution < -0.4 is 5.32 Å².